The number of nitrogens with two attached hydrogens (primary N) is 1. The highest BCUT2D eigenvalue weighted by Crippen LogP contribution is 2.37. The van der Waals surface area contributed by atoms with Crippen LogP contribution in [-0.2, 0) is 9.53 Å². The van der Waals surface area contributed by atoms with Gasteiger partial charge in [0.2, 0.25) is 5.91 Å². The van der Waals surface area contributed by atoms with Crippen LogP contribution in [0.15, 0.2) is 57.5 Å². The number of anilines is 2. The standard InChI is InChI=1S/C21H24Br2N2O4/c1-2-29-18(21(28)14-11-13(22)12-15(23)20(14)27)9-5-6-10-19(26)25-17-8-4-3-7-16(17)24/h3-4,6-8,10-12,18,21,27-28H,2,5,9,24H2,1H3,(H,25,26)/b10-6+/t18-,21-/m0/s1. The second kappa shape index (κ2) is 11.3. The summed E-state index contributed by atoms with van der Waals surface area (Å²) in [5.41, 5.74) is 7.23. The lowest BCUT2D eigenvalue weighted by atomic mass is 9.99. The fourth-order valence-electron chi connectivity index (χ4n) is 2.79. The summed E-state index contributed by atoms with van der Waals surface area (Å²) in [6, 6.07) is 10.4. The molecule has 156 valence electrons. The number of phenols is 1. The largest absolute Gasteiger partial charge is 0.506 e. The number of benzene rings is 2. The van der Waals surface area contributed by atoms with Crippen molar-refractivity contribution in [3.8, 4) is 5.75 Å². The number of aromatic hydroxyl groups is 1. The van der Waals surface area contributed by atoms with E-state index in [0.717, 1.165) is 4.47 Å². The summed E-state index contributed by atoms with van der Waals surface area (Å²) in [5.74, 6) is -0.314. The average Bonchev–Trinajstić information content (AvgIpc) is 2.68. The first-order valence-corrected chi connectivity index (χ1v) is 10.7. The van der Waals surface area contributed by atoms with Crippen molar-refractivity contribution in [3.05, 3.63) is 63.1 Å². The summed E-state index contributed by atoms with van der Waals surface area (Å²) >= 11 is 6.63. The number of carbonyl (C=O) groups excluding carboxylic acids is 1. The van der Waals surface area contributed by atoms with E-state index in [2.05, 4.69) is 37.2 Å². The van der Waals surface area contributed by atoms with E-state index < -0.39 is 12.2 Å². The van der Waals surface area contributed by atoms with Crippen molar-refractivity contribution in [2.45, 2.75) is 32.0 Å². The number of para-hydroxylation sites is 2. The Morgan fingerprint density at radius 1 is 1.31 bits per heavy atom. The fraction of sp³-hybridized carbons (Fsp3) is 0.286. The van der Waals surface area contributed by atoms with Crippen molar-refractivity contribution in [2.24, 2.45) is 0 Å². The van der Waals surface area contributed by atoms with Gasteiger partial charge in [0, 0.05) is 16.6 Å². The maximum absolute atomic E-state index is 12.0. The van der Waals surface area contributed by atoms with Crippen LogP contribution in [0.5, 0.6) is 5.75 Å². The molecule has 0 unspecified atom stereocenters. The van der Waals surface area contributed by atoms with Crippen LogP contribution in [0.4, 0.5) is 11.4 Å². The van der Waals surface area contributed by atoms with Gasteiger partial charge in [-0.1, -0.05) is 34.1 Å². The Balaban J connectivity index is 1.98. The highest BCUT2D eigenvalue weighted by molar-refractivity contribution is 9.11. The molecule has 2 rings (SSSR count). The molecule has 0 fully saturated rings. The minimum atomic E-state index is -1.02. The molecule has 0 spiro atoms. The molecule has 0 saturated heterocycles. The average molecular weight is 528 g/mol. The molecule has 0 aromatic heterocycles. The number of nitrogen functional groups attached to an aromatic ring is 1. The molecule has 8 heteroatoms. The lowest BCUT2D eigenvalue weighted by Crippen LogP contribution is -2.22. The number of halogens is 2. The number of carbonyl (C=O) groups is 1. The Labute approximate surface area is 187 Å². The second-order valence-corrected chi connectivity index (χ2v) is 8.09. The van der Waals surface area contributed by atoms with Gasteiger partial charge in [-0.15, -0.1) is 0 Å². The van der Waals surface area contributed by atoms with Crippen molar-refractivity contribution >= 4 is 49.1 Å². The van der Waals surface area contributed by atoms with Gasteiger partial charge in [-0.25, -0.2) is 0 Å². The maximum Gasteiger partial charge on any atom is 0.248 e. The summed E-state index contributed by atoms with van der Waals surface area (Å²) in [4.78, 5) is 12.0. The SMILES string of the molecule is CCO[C@@H](CC/C=C/C(=O)Nc1ccccc1N)[C@@H](O)c1cc(Br)cc(Br)c1O. The third-order valence-corrected chi connectivity index (χ3v) is 5.28. The molecular formula is C21H24Br2N2O4. The number of ether oxygens (including phenoxy) is 1. The van der Waals surface area contributed by atoms with Gasteiger partial charge in [-0.05, 0) is 66.0 Å². The molecule has 6 nitrogen and oxygen atoms in total. The highest BCUT2D eigenvalue weighted by Gasteiger charge is 2.25. The Morgan fingerprint density at radius 2 is 2.03 bits per heavy atom. The molecule has 2 aromatic rings. The quantitative estimate of drug-likeness (QED) is 0.274. The predicted molar refractivity (Wildman–Crippen MR) is 122 cm³/mol. The van der Waals surface area contributed by atoms with E-state index in [0.29, 0.717) is 40.9 Å². The smallest absolute Gasteiger partial charge is 0.248 e. The van der Waals surface area contributed by atoms with Gasteiger partial charge in [-0.2, -0.15) is 0 Å². The molecule has 2 atom stereocenters. The minimum Gasteiger partial charge on any atom is -0.506 e. The number of aliphatic hydroxyl groups is 1. The van der Waals surface area contributed by atoms with Crippen molar-refractivity contribution in [1.29, 1.82) is 0 Å². The lowest BCUT2D eigenvalue weighted by molar-refractivity contribution is -0.111. The Bertz CT molecular complexity index is 874. The van der Waals surface area contributed by atoms with Crippen LogP contribution in [0.3, 0.4) is 0 Å². The number of amides is 1. The molecule has 29 heavy (non-hydrogen) atoms. The molecule has 0 saturated carbocycles. The van der Waals surface area contributed by atoms with E-state index in [9.17, 15) is 15.0 Å². The molecule has 0 aliphatic rings. The third kappa shape index (κ3) is 6.85. The van der Waals surface area contributed by atoms with Crippen molar-refractivity contribution in [1.82, 2.24) is 0 Å². The molecular weight excluding hydrogens is 504 g/mol. The number of phenolic OH excluding ortho intramolecular Hbond substituents is 1. The molecule has 2 aromatic carbocycles. The van der Waals surface area contributed by atoms with Crippen molar-refractivity contribution < 1.29 is 19.7 Å². The Morgan fingerprint density at radius 3 is 2.72 bits per heavy atom. The molecule has 0 radical (unpaired) electrons. The first-order chi connectivity index (χ1) is 13.8. The fourth-order valence-corrected chi connectivity index (χ4v) is 4.05. The summed E-state index contributed by atoms with van der Waals surface area (Å²) in [5, 5.41) is 23.7. The zero-order valence-electron chi connectivity index (χ0n) is 15.9. The number of aliphatic hydroxyl groups excluding tert-OH is 1. The van der Waals surface area contributed by atoms with E-state index in [1.54, 1.807) is 42.5 Å². The number of hydrogen-bond donors (Lipinski definition) is 4. The number of allylic oxidation sites excluding steroid dienone is 1. The number of nitrogens with one attached hydrogen (secondary N) is 1. The summed E-state index contributed by atoms with van der Waals surface area (Å²) in [6.45, 7) is 2.25. The summed E-state index contributed by atoms with van der Waals surface area (Å²) in [6.07, 6.45) is 2.56. The number of hydrogen-bond acceptors (Lipinski definition) is 5. The van der Waals surface area contributed by atoms with Gasteiger partial charge >= 0.3 is 0 Å². The zero-order chi connectivity index (χ0) is 21.4. The first-order valence-electron chi connectivity index (χ1n) is 9.13. The molecule has 5 N–H and O–H groups in total. The highest BCUT2D eigenvalue weighted by atomic mass is 79.9. The van der Waals surface area contributed by atoms with Crippen LogP contribution in [0.2, 0.25) is 0 Å². The van der Waals surface area contributed by atoms with E-state index in [1.807, 2.05) is 6.92 Å². The molecule has 0 aliphatic heterocycles. The Kier molecular flexibility index (Phi) is 9.16. The predicted octanol–water partition coefficient (Wildman–Crippen LogP) is 4.91. The van der Waals surface area contributed by atoms with Gasteiger partial charge < -0.3 is 26.0 Å². The van der Waals surface area contributed by atoms with Crippen LogP contribution in [0, 0.1) is 0 Å². The molecule has 0 bridgehead atoms. The molecule has 0 heterocycles. The van der Waals surface area contributed by atoms with Crippen LogP contribution >= 0.6 is 31.9 Å². The van der Waals surface area contributed by atoms with Crippen LogP contribution in [0.1, 0.15) is 31.4 Å². The van der Waals surface area contributed by atoms with Gasteiger partial charge in [0.15, 0.2) is 0 Å². The van der Waals surface area contributed by atoms with Crippen molar-refractivity contribution in [2.75, 3.05) is 17.7 Å². The van der Waals surface area contributed by atoms with Crippen LogP contribution in [0.25, 0.3) is 0 Å². The van der Waals surface area contributed by atoms with Crippen molar-refractivity contribution in [3.63, 3.8) is 0 Å². The van der Waals surface area contributed by atoms with Crippen LogP contribution in [-0.4, -0.2) is 28.8 Å². The van der Waals surface area contributed by atoms with E-state index in [-0.39, 0.29) is 11.7 Å². The first kappa shape index (κ1) is 23.4. The molecule has 0 aliphatic carbocycles. The third-order valence-electron chi connectivity index (χ3n) is 4.21. The summed E-state index contributed by atoms with van der Waals surface area (Å²) < 4.78 is 6.87. The monoisotopic (exact) mass is 526 g/mol. The van der Waals surface area contributed by atoms with E-state index in [1.165, 1.54) is 6.08 Å². The molecule has 1 amide bonds. The van der Waals surface area contributed by atoms with Gasteiger partial charge in [0.1, 0.15) is 11.9 Å². The van der Waals surface area contributed by atoms with Gasteiger partial charge in [0.05, 0.1) is 22.0 Å². The normalized spacial score (nSPS) is 13.4. The van der Waals surface area contributed by atoms with Gasteiger partial charge in [-0.3, -0.25) is 4.79 Å². The minimum absolute atomic E-state index is 0.0271. The van der Waals surface area contributed by atoms with Gasteiger partial charge in [0.25, 0.3) is 0 Å². The topological polar surface area (TPSA) is 105 Å². The van der Waals surface area contributed by atoms with Crippen LogP contribution < -0.4 is 11.1 Å². The van der Waals surface area contributed by atoms with E-state index in [4.69, 9.17) is 10.5 Å². The zero-order valence-corrected chi connectivity index (χ0v) is 19.1. The lowest BCUT2D eigenvalue weighted by Gasteiger charge is -2.24. The second-order valence-electron chi connectivity index (χ2n) is 6.32. The number of rotatable bonds is 9. The van der Waals surface area contributed by atoms with E-state index >= 15 is 0 Å². The Hall–Kier alpha value is -1.87. The maximum atomic E-state index is 12.0. The summed E-state index contributed by atoms with van der Waals surface area (Å²) in [7, 11) is 0.